The van der Waals surface area contributed by atoms with E-state index in [9.17, 15) is 0 Å². The van der Waals surface area contributed by atoms with E-state index in [0.29, 0.717) is 0 Å². The van der Waals surface area contributed by atoms with Gasteiger partial charge in [-0.25, -0.2) is 0 Å². The van der Waals surface area contributed by atoms with Gasteiger partial charge < -0.3 is 9.47 Å². The molecule has 0 saturated carbocycles. The van der Waals surface area contributed by atoms with E-state index in [1.54, 1.807) is 0 Å². The molecular weight excluding hydrogens is 581 g/mol. The van der Waals surface area contributed by atoms with Gasteiger partial charge in [0, 0.05) is 33.5 Å². The van der Waals surface area contributed by atoms with Crippen LogP contribution in [0.3, 0.4) is 0 Å². The van der Waals surface area contributed by atoms with Crippen LogP contribution in [0.1, 0.15) is 0 Å². The lowest BCUT2D eigenvalue weighted by atomic mass is 9.92. The molecule has 0 N–H and O–H groups in total. The van der Waals surface area contributed by atoms with Gasteiger partial charge in [-0.15, -0.1) is 0 Å². The minimum atomic E-state index is 1.12. The molecule has 0 bridgehead atoms. The lowest BCUT2D eigenvalue weighted by Gasteiger charge is -2.25. The fourth-order valence-electron chi connectivity index (χ4n) is 7.83. The Bertz CT molecular complexity index is 2600. The van der Waals surface area contributed by atoms with E-state index in [-0.39, 0.29) is 0 Å². The van der Waals surface area contributed by atoms with Crippen LogP contribution in [0.15, 0.2) is 182 Å². The largest absolute Gasteiger partial charge is 0.311 e. The van der Waals surface area contributed by atoms with Gasteiger partial charge in [0.2, 0.25) is 0 Å². The van der Waals surface area contributed by atoms with Gasteiger partial charge in [0.05, 0.1) is 11.0 Å². The van der Waals surface area contributed by atoms with Crippen LogP contribution in [0.2, 0.25) is 0 Å². The van der Waals surface area contributed by atoms with Crippen LogP contribution < -0.4 is 4.90 Å². The highest BCUT2D eigenvalue weighted by atomic mass is 15.1. The maximum absolute atomic E-state index is 2.44. The molecule has 0 aliphatic heterocycles. The van der Waals surface area contributed by atoms with Crippen molar-refractivity contribution in [3.8, 4) is 39.1 Å². The van der Waals surface area contributed by atoms with Gasteiger partial charge in [-0.05, 0) is 111 Å². The van der Waals surface area contributed by atoms with E-state index in [4.69, 9.17) is 0 Å². The van der Waals surface area contributed by atoms with E-state index < -0.39 is 0 Å². The third-order valence-electron chi connectivity index (χ3n) is 9.91. The lowest BCUT2D eigenvalue weighted by Crippen LogP contribution is -2.09. The van der Waals surface area contributed by atoms with Crippen molar-refractivity contribution in [1.82, 2.24) is 4.57 Å². The quantitative estimate of drug-likeness (QED) is 0.192. The number of aromatic nitrogens is 1. The number of fused-ring (bicyclic) bond motifs is 8. The molecule has 8 aromatic carbocycles. The highest BCUT2D eigenvalue weighted by Gasteiger charge is 2.24. The van der Waals surface area contributed by atoms with Crippen LogP contribution >= 0.6 is 0 Å². The van der Waals surface area contributed by atoms with Crippen LogP contribution in [0.5, 0.6) is 0 Å². The Morgan fingerprint density at radius 1 is 0.333 bits per heavy atom. The molecule has 0 fully saturated rings. The first-order chi connectivity index (χ1) is 23.8. The summed E-state index contributed by atoms with van der Waals surface area (Å²) in [6, 6.07) is 66.2. The molecule has 0 amide bonds. The average Bonchev–Trinajstić information content (AvgIpc) is 3.42. The molecule has 48 heavy (non-hydrogen) atoms. The summed E-state index contributed by atoms with van der Waals surface area (Å²) in [6.45, 7) is 0. The Hall–Kier alpha value is -6.38. The highest BCUT2D eigenvalue weighted by Crippen LogP contribution is 2.49. The third kappa shape index (κ3) is 4.00. The van der Waals surface area contributed by atoms with E-state index in [1.807, 2.05) is 0 Å². The van der Waals surface area contributed by atoms with Crippen molar-refractivity contribution in [2.24, 2.45) is 0 Å². The minimum absolute atomic E-state index is 1.12. The van der Waals surface area contributed by atoms with Gasteiger partial charge in [-0.2, -0.15) is 0 Å². The third-order valence-corrected chi connectivity index (χ3v) is 9.91. The Balaban J connectivity index is 1.22. The predicted molar refractivity (Wildman–Crippen MR) is 203 cm³/mol. The molecule has 9 aromatic rings. The van der Waals surface area contributed by atoms with Crippen molar-refractivity contribution in [1.29, 1.82) is 0 Å². The van der Waals surface area contributed by atoms with Gasteiger partial charge in [-0.3, -0.25) is 0 Å². The normalized spacial score (nSPS) is 11.8. The molecule has 2 heteroatoms. The standard InChI is InChI=1S/C46H30N2/c1-3-15-32(16-4-1)47(33-17-5-2-6-18-33)34-25-27-35(28-26-34)48-44-24-10-9-21-38(44)43-29-41-37-20-8-7-19-36(37)39-22-11-13-31-14-12-23-40(46(31)39)42(41)30-45(43)48/h1-30H. The number of anilines is 3. The zero-order valence-corrected chi connectivity index (χ0v) is 26.2. The molecule has 224 valence electrons. The van der Waals surface area contributed by atoms with Crippen LogP contribution in [0, 0.1) is 0 Å². The van der Waals surface area contributed by atoms with Crippen LogP contribution in [-0.2, 0) is 0 Å². The Morgan fingerprint density at radius 3 is 1.54 bits per heavy atom. The summed E-state index contributed by atoms with van der Waals surface area (Å²) in [7, 11) is 0. The second kappa shape index (κ2) is 10.6. The number of rotatable bonds is 4. The molecule has 10 rings (SSSR count). The van der Waals surface area contributed by atoms with E-state index >= 15 is 0 Å². The number of benzene rings is 8. The fraction of sp³-hybridized carbons (Fsp3) is 0. The van der Waals surface area contributed by atoms with E-state index in [0.717, 1.165) is 22.7 Å². The summed E-state index contributed by atoms with van der Waals surface area (Å²) >= 11 is 0. The van der Waals surface area contributed by atoms with Crippen molar-refractivity contribution in [3.63, 3.8) is 0 Å². The average molecular weight is 611 g/mol. The van der Waals surface area contributed by atoms with E-state index in [1.165, 1.54) is 66.0 Å². The number of hydrogen-bond acceptors (Lipinski definition) is 1. The molecule has 0 spiro atoms. The molecule has 0 radical (unpaired) electrons. The molecular formula is C46H30N2. The van der Waals surface area contributed by atoms with Crippen LogP contribution in [0.25, 0.3) is 71.6 Å². The zero-order valence-electron chi connectivity index (χ0n) is 26.2. The molecule has 0 saturated heterocycles. The molecule has 1 aliphatic carbocycles. The first kappa shape index (κ1) is 26.8. The topological polar surface area (TPSA) is 8.17 Å². The van der Waals surface area contributed by atoms with Crippen LogP contribution in [-0.4, -0.2) is 4.57 Å². The minimum Gasteiger partial charge on any atom is -0.311 e. The first-order valence-electron chi connectivity index (χ1n) is 16.5. The summed E-state index contributed by atoms with van der Waals surface area (Å²) < 4.78 is 2.44. The van der Waals surface area contributed by atoms with Gasteiger partial charge in [-0.1, -0.05) is 115 Å². The fourth-order valence-corrected chi connectivity index (χ4v) is 7.83. The SMILES string of the molecule is c1ccc(N(c2ccccc2)c2ccc(-n3c4ccccc4c4cc5c(cc43)-c3cccc4cccc(c34)-c3ccccc3-5)cc2)cc1. The maximum atomic E-state index is 2.44. The number of nitrogens with zero attached hydrogens (tertiary/aromatic N) is 2. The Kier molecular flexibility index (Phi) is 5.91. The number of hydrogen-bond donors (Lipinski definition) is 0. The van der Waals surface area contributed by atoms with E-state index in [2.05, 4.69) is 191 Å². The molecule has 1 aliphatic rings. The molecule has 0 unspecified atom stereocenters. The van der Waals surface area contributed by atoms with Crippen molar-refractivity contribution in [2.75, 3.05) is 4.90 Å². The molecule has 0 atom stereocenters. The molecule has 2 nitrogen and oxygen atoms in total. The second-order valence-corrected chi connectivity index (χ2v) is 12.5. The van der Waals surface area contributed by atoms with Crippen molar-refractivity contribution < 1.29 is 0 Å². The predicted octanol–water partition coefficient (Wildman–Crippen LogP) is 12.7. The second-order valence-electron chi connectivity index (χ2n) is 12.5. The summed E-state index contributed by atoms with van der Waals surface area (Å²) in [5.41, 5.74) is 14.6. The Morgan fingerprint density at radius 2 is 0.854 bits per heavy atom. The van der Waals surface area contributed by atoms with Crippen molar-refractivity contribution in [3.05, 3.63) is 182 Å². The first-order valence-corrected chi connectivity index (χ1v) is 16.5. The number of para-hydroxylation sites is 3. The molecule has 1 aromatic heterocycles. The summed E-state index contributed by atoms with van der Waals surface area (Å²) in [5, 5.41) is 5.10. The summed E-state index contributed by atoms with van der Waals surface area (Å²) in [5.74, 6) is 0. The summed E-state index contributed by atoms with van der Waals surface area (Å²) in [4.78, 5) is 2.31. The monoisotopic (exact) mass is 610 g/mol. The summed E-state index contributed by atoms with van der Waals surface area (Å²) in [6.07, 6.45) is 0. The zero-order chi connectivity index (χ0) is 31.6. The smallest absolute Gasteiger partial charge is 0.0547 e. The van der Waals surface area contributed by atoms with Gasteiger partial charge in [0.1, 0.15) is 0 Å². The van der Waals surface area contributed by atoms with Gasteiger partial charge in [0.15, 0.2) is 0 Å². The molecule has 1 heterocycles. The van der Waals surface area contributed by atoms with Crippen LogP contribution in [0.4, 0.5) is 17.1 Å². The van der Waals surface area contributed by atoms with Gasteiger partial charge >= 0.3 is 0 Å². The van der Waals surface area contributed by atoms with Crippen molar-refractivity contribution in [2.45, 2.75) is 0 Å². The van der Waals surface area contributed by atoms with Crippen molar-refractivity contribution >= 4 is 49.6 Å². The highest BCUT2D eigenvalue weighted by molar-refractivity contribution is 6.18. The maximum Gasteiger partial charge on any atom is 0.0547 e. The van der Waals surface area contributed by atoms with Gasteiger partial charge in [0.25, 0.3) is 0 Å². The lowest BCUT2D eigenvalue weighted by molar-refractivity contribution is 1.17. The Labute approximate surface area is 279 Å².